The molecule has 0 unspecified atom stereocenters. The lowest BCUT2D eigenvalue weighted by Gasteiger charge is -2.14. The highest BCUT2D eigenvalue weighted by atomic mass is 32.2. The summed E-state index contributed by atoms with van der Waals surface area (Å²) in [5.41, 5.74) is 3.58. The van der Waals surface area contributed by atoms with E-state index in [1.54, 1.807) is 18.9 Å². The van der Waals surface area contributed by atoms with Crippen molar-refractivity contribution in [2.45, 2.75) is 25.6 Å². The molecule has 0 aromatic heterocycles. The molecule has 0 aliphatic heterocycles. The second-order valence-corrected chi connectivity index (χ2v) is 6.53. The molecule has 0 fully saturated rings. The van der Waals surface area contributed by atoms with Gasteiger partial charge in [0, 0.05) is 5.75 Å². The molecular formula is C19H23NO2S. The zero-order valence-electron chi connectivity index (χ0n) is 13.8. The minimum absolute atomic E-state index is 0.00650. The van der Waals surface area contributed by atoms with E-state index in [0.29, 0.717) is 5.75 Å². The Kier molecular flexibility index (Phi) is 6.53. The molecule has 1 amide bonds. The maximum absolute atomic E-state index is 12.1. The van der Waals surface area contributed by atoms with Gasteiger partial charge in [-0.15, -0.1) is 11.8 Å². The predicted octanol–water partition coefficient (Wildman–Crippen LogP) is 4.11. The average Bonchev–Trinajstić information content (AvgIpc) is 2.55. The van der Waals surface area contributed by atoms with Crippen molar-refractivity contribution in [3.8, 4) is 5.75 Å². The highest BCUT2D eigenvalue weighted by Crippen LogP contribution is 2.18. The lowest BCUT2D eigenvalue weighted by molar-refractivity contribution is -0.119. The Morgan fingerprint density at radius 3 is 2.61 bits per heavy atom. The summed E-state index contributed by atoms with van der Waals surface area (Å²) >= 11 is 1.63. The second kappa shape index (κ2) is 8.63. The molecule has 4 heteroatoms. The van der Waals surface area contributed by atoms with Gasteiger partial charge in [-0.25, -0.2) is 0 Å². The Morgan fingerprint density at radius 1 is 1.22 bits per heavy atom. The molecule has 2 rings (SSSR count). The van der Waals surface area contributed by atoms with Gasteiger partial charge in [-0.3, -0.25) is 4.79 Å². The van der Waals surface area contributed by atoms with Crippen molar-refractivity contribution in [1.82, 2.24) is 5.32 Å². The molecule has 1 N–H and O–H groups in total. The fourth-order valence-corrected chi connectivity index (χ4v) is 3.11. The summed E-state index contributed by atoms with van der Waals surface area (Å²) in [5.74, 6) is 2.20. The average molecular weight is 329 g/mol. The summed E-state index contributed by atoms with van der Waals surface area (Å²) in [4.78, 5) is 12.1. The highest BCUT2D eigenvalue weighted by Gasteiger charge is 2.09. The van der Waals surface area contributed by atoms with Gasteiger partial charge in [0.1, 0.15) is 5.75 Å². The van der Waals surface area contributed by atoms with E-state index < -0.39 is 0 Å². The van der Waals surface area contributed by atoms with Crippen LogP contribution in [0.5, 0.6) is 5.75 Å². The van der Waals surface area contributed by atoms with Crippen molar-refractivity contribution < 1.29 is 9.53 Å². The SMILES string of the molecule is COc1ccc([C@@H](C)NC(=O)CSCc2cccc(C)c2)cc1. The molecule has 0 saturated heterocycles. The van der Waals surface area contributed by atoms with Crippen molar-refractivity contribution in [3.63, 3.8) is 0 Å². The first-order chi connectivity index (χ1) is 11.1. The molecule has 0 spiro atoms. The van der Waals surface area contributed by atoms with Crippen molar-refractivity contribution in [2.24, 2.45) is 0 Å². The van der Waals surface area contributed by atoms with Crippen LogP contribution in [0, 0.1) is 6.92 Å². The Labute approximate surface area is 142 Å². The van der Waals surface area contributed by atoms with Crippen LogP contribution in [0.1, 0.15) is 29.7 Å². The zero-order valence-corrected chi connectivity index (χ0v) is 14.7. The number of benzene rings is 2. The van der Waals surface area contributed by atoms with Crippen LogP contribution in [-0.2, 0) is 10.5 Å². The van der Waals surface area contributed by atoms with Gasteiger partial charge in [0.2, 0.25) is 5.91 Å². The van der Waals surface area contributed by atoms with E-state index in [1.165, 1.54) is 11.1 Å². The van der Waals surface area contributed by atoms with Crippen LogP contribution in [0.2, 0.25) is 0 Å². The van der Waals surface area contributed by atoms with Crippen molar-refractivity contribution >= 4 is 17.7 Å². The molecule has 3 nitrogen and oxygen atoms in total. The number of amides is 1. The summed E-state index contributed by atoms with van der Waals surface area (Å²) in [6, 6.07) is 16.1. The molecule has 2 aromatic carbocycles. The van der Waals surface area contributed by atoms with Gasteiger partial charge >= 0.3 is 0 Å². The molecule has 23 heavy (non-hydrogen) atoms. The van der Waals surface area contributed by atoms with Crippen molar-refractivity contribution in [3.05, 3.63) is 65.2 Å². The summed E-state index contributed by atoms with van der Waals surface area (Å²) in [7, 11) is 1.64. The van der Waals surface area contributed by atoms with Crippen LogP contribution in [0.25, 0.3) is 0 Å². The van der Waals surface area contributed by atoms with Crippen LogP contribution in [-0.4, -0.2) is 18.8 Å². The number of methoxy groups -OCH3 is 1. The fourth-order valence-electron chi connectivity index (χ4n) is 2.32. The van der Waals surface area contributed by atoms with Crippen LogP contribution in [0.4, 0.5) is 0 Å². The monoisotopic (exact) mass is 329 g/mol. The van der Waals surface area contributed by atoms with E-state index >= 15 is 0 Å². The van der Waals surface area contributed by atoms with Crippen LogP contribution < -0.4 is 10.1 Å². The lowest BCUT2D eigenvalue weighted by atomic mass is 10.1. The molecular weight excluding hydrogens is 306 g/mol. The quantitative estimate of drug-likeness (QED) is 0.830. The summed E-state index contributed by atoms with van der Waals surface area (Å²) in [6.07, 6.45) is 0. The van der Waals surface area contributed by atoms with Gasteiger partial charge in [0.05, 0.1) is 18.9 Å². The second-order valence-electron chi connectivity index (χ2n) is 5.54. The first kappa shape index (κ1) is 17.4. The van der Waals surface area contributed by atoms with E-state index in [0.717, 1.165) is 17.1 Å². The van der Waals surface area contributed by atoms with Gasteiger partial charge in [0.15, 0.2) is 0 Å². The lowest BCUT2D eigenvalue weighted by Crippen LogP contribution is -2.28. The molecule has 0 saturated carbocycles. The minimum Gasteiger partial charge on any atom is -0.497 e. The maximum atomic E-state index is 12.1. The zero-order chi connectivity index (χ0) is 16.7. The summed E-state index contributed by atoms with van der Waals surface area (Å²) < 4.78 is 5.14. The standard InChI is InChI=1S/C19H23NO2S/c1-14-5-4-6-16(11-14)12-23-13-19(21)20-15(2)17-7-9-18(22-3)10-8-17/h4-11,15H,12-13H2,1-3H3,(H,20,21)/t15-/m1/s1. The molecule has 0 aliphatic carbocycles. The van der Waals surface area contributed by atoms with Gasteiger partial charge < -0.3 is 10.1 Å². The van der Waals surface area contributed by atoms with Crippen LogP contribution in [0.15, 0.2) is 48.5 Å². The van der Waals surface area contributed by atoms with E-state index in [4.69, 9.17) is 4.74 Å². The first-order valence-electron chi connectivity index (χ1n) is 7.65. The smallest absolute Gasteiger partial charge is 0.230 e. The predicted molar refractivity (Wildman–Crippen MR) is 96.9 cm³/mol. The third kappa shape index (κ3) is 5.64. The Bertz CT molecular complexity index is 640. The summed E-state index contributed by atoms with van der Waals surface area (Å²) in [6.45, 7) is 4.07. The number of thioether (sulfide) groups is 1. The van der Waals surface area contributed by atoms with Crippen LogP contribution >= 0.6 is 11.8 Å². The number of hydrogen-bond acceptors (Lipinski definition) is 3. The van der Waals surface area contributed by atoms with Crippen molar-refractivity contribution in [2.75, 3.05) is 12.9 Å². The maximum Gasteiger partial charge on any atom is 0.230 e. The first-order valence-corrected chi connectivity index (χ1v) is 8.80. The number of rotatable bonds is 7. The number of aryl methyl sites for hydroxylation is 1. The Balaban J connectivity index is 1.77. The van der Waals surface area contributed by atoms with E-state index in [1.807, 2.05) is 31.2 Å². The number of carbonyl (C=O) groups excluding carboxylic acids is 1. The number of carbonyl (C=O) groups is 1. The number of nitrogens with one attached hydrogen (secondary N) is 1. The van der Waals surface area contributed by atoms with Gasteiger partial charge in [0.25, 0.3) is 0 Å². The molecule has 0 radical (unpaired) electrons. The van der Waals surface area contributed by atoms with Crippen molar-refractivity contribution in [1.29, 1.82) is 0 Å². The van der Waals surface area contributed by atoms with E-state index in [-0.39, 0.29) is 11.9 Å². The Morgan fingerprint density at radius 2 is 1.96 bits per heavy atom. The number of ether oxygens (including phenoxy) is 1. The number of hydrogen-bond donors (Lipinski definition) is 1. The molecule has 122 valence electrons. The third-order valence-corrected chi connectivity index (χ3v) is 4.58. The fraction of sp³-hybridized carbons (Fsp3) is 0.316. The Hall–Kier alpha value is -1.94. The molecule has 2 aromatic rings. The summed E-state index contributed by atoms with van der Waals surface area (Å²) in [5, 5.41) is 3.03. The molecule has 0 aliphatic rings. The van der Waals surface area contributed by atoms with Gasteiger partial charge in [-0.1, -0.05) is 42.0 Å². The van der Waals surface area contributed by atoms with Crippen LogP contribution in [0.3, 0.4) is 0 Å². The topological polar surface area (TPSA) is 38.3 Å². The molecule has 0 bridgehead atoms. The minimum atomic E-state index is -0.00650. The van der Waals surface area contributed by atoms with Gasteiger partial charge in [-0.05, 0) is 37.1 Å². The van der Waals surface area contributed by atoms with E-state index in [9.17, 15) is 4.79 Å². The normalized spacial score (nSPS) is 11.8. The van der Waals surface area contributed by atoms with E-state index in [2.05, 4.69) is 36.5 Å². The molecule has 1 atom stereocenters. The largest absolute Gasteiger partial charge is 0.497 e. The van der Waals surface area contributed by atoms with Gasteiger partial charge in [-0.2, -0.15) is 0 Å². The highest BCUT2D eigenvalue weighted by molar-refractivity contribution is 7.99. The third-order valence-electron chi connectivity index (χ3n) is 3.58. The molecule has 0 heterocycles.